The fraction of sp³-hybridized carbons (Fsp3) is 0.0714. The molecule has 0 spiro atoms. The summed E-state index contributed by atoms with van der Waals surface area (Å²) in [5.41, 5.74) is 2.27. The van der Waals surface area contributed by atoms with E-state index >= 15 is 0 Å². The molecule has 0 aliphatic heterocycles. The van der Waals surface area contributed by atoms with Gasteiger partial charge in [-0.15, -0.1) is 11.3 Å². The molecule has 0 radical (unpaired) electrons. The molecule has 0 saturated carbocycles. The molecule has 0 unspecified atom stereocenters. The Morgan fingerprint density at radius 3 is 2.63 bits per heavy atom. The van der Waals surface area contributed by atoms with Crippen molar-refractivity contribution in [2.75, 3.05) is 5.32 Å². The van der Waals surface area contributed by atoms with Crippen LogP contribution in [0.5, 0.6) is 0 Å². The van der Waals surface area contributed by atoms with E-state index in [-0.39, 0.29) is 0 Å². The zero-order valence-electron chi connectivity index (χ0n) is 9.97. The van der Waals surface area contributed by atoms with Crippen LogP contribution in [0.4, 0.5) is 5.69 Å². The molecule has 5 heteroatoms. The van der Waals surface area contributed by atoms with Crippen LogP contribution in [-0.2, 0) is 6.67 Å². The standard InChI is InChI=1S/C14H11BrN2S2/c15-10-5-7-11(8-6-10)16-9-17-12-3-1-2-4-13(12)19-14(17)18/h1-8,16H,9H2. The van der Waals surface area contributed by atoms with Gasteiger partial charge in [0, 0.05) is 10.2 Å². The Kier molecular flexibility index (Phi) is 3.68. The molecule has 0 fully saturated rings. The van der Waals surface area contributed by atoms with Gasteiger partial charge in [-0.2, -0.15) is 0 Å². The number of benzene rings is 2. The molecule has 3 rings (SSSR count). The topological polar surface area (TPSA) is 17.0 Å². The summed E-state index contributed by atoms with van der Waals surface area (Å²) in [5, 5.41) is 3.39. The van der Waals surface area contributed by atoms with Crippen LogP contribution in [0.25, 0.3) is 10.2 Å². The van der Waals surface area contributed by atoms with Crippen molar-refractivity contribution >= 4 is 55.4 Å². The average Bonchev–Trinajstić information content (AvgIpc) is 2.74. The van der Waals surface area contributed by atoms with E-state index in [1.54, 1.807) is 11.3 Å². The van der Waals surface area contributed by atoms with Gasteiger partial charge in [-0.25, -0.2) is 0 Å². The highest BCUT2D eigenvalue weighted by atomic mass is 79.9. The Balaban J connectivity index is 1.87. The molecule has 0 atom stereocenters. The molecule has 0 aliphatic carbocycles. The molecule has 3 aromatic rings. The summed E-state index contributed by atoms with van der Waals surface area (Å²) in [7, 11) is 0. The fourth-order valence-corrected chi connectivity index (χ4v) is 3.49. The highest BCUT2D eigenvalue weighted by Gasteiger charge is 2.03. The fourth-order valence-electron chi connectivity index (χ4n) is 1.90. The van der Waals surface area contributed by atoms with Crippen molar-refractivity contribution in [2.24, 2.45) is 0 Å². The summed E-state index contributed by atoms with van der Waals surface area (Å²) in [6.45, 7) is 0.685. The molecule has 2 nitrogen and oxygen atoms in total. The van der Waals surface area contributed by atoms with Gasteiger partial charge in [0.25, 0.3) is 0 Å². The quantitative estimate of drug-likeness (QED) is 0.648. The zero-order chi connectivity index (χ0) is 13.2. The van der Waals surface area contributed by atoms with Gasteiger partial charge in [0.2, 0.25) is 0 Å². The van der Waals surface area contributed by atoms with E-state index in [0.29, 0.717) is 6.67 Å². The van der Waals surface area contributed by atoms with E-state index in [4.69, 9.17) is 12.2 Å². The monoisotopic (exact) mass is 350 g/mol. The van der Waals surface area contributed by atoms with Crippen molar-refractivity contribution in [3.63, 3.8) is 0 Å². The van der Waals surface area contributed by atoms with Gasteiger partial charge in [0.1, 0.15) is 0 Å². The maximum Gasteiger partial charge on any atom is 0.163 e. The Bertz CT molecular complexity index is 759. The van der Waals surface area contributed by atoms with Crippen molar-refractivity contribution in [3.8, 4) is 0 Å². The lowest BCUT2D eigenvalue weighted by Crippen LogP contribution is -2.07. The second-order valence-corrected chi connectivity index (χ2v) is 6.70. The summed E-state index contributed by atoms with van der Waals surface area (Å²) in [4.78, 5) is 0. The number of aromatic nitrogens is 1. The Labute approximate surface area is 128 Å². The van der Waals surface area contributed by atoms with E-state index in [0.717, 1.165) is 14.1 Å². The zero-order valence-corrected chi connectivity index (χ0v) is 13.2. The predicted octanol–water partition coefficient (Wildman–Crippen LogP) is 5.26. The minimum Gasteiger partial charge on any atom is -0.367 e. The van der Waals surface area contributed by atoms with E-state index in [9.17, 15) is 0 Å². The molecule has 1 heterocycles. The molecule has 2 aromatic carbocycles. The molecule has 0 amide bonds. The number of anilines is 1. The highest BCUT2D eigenvalue weighted by molar-refractivity contribution is 9.10. The number of nitrogens with one attached hydrogen (secondary N) is 1. The Morgan fingerprint density at radius 2 is 1.84 bits per heavy atom. The summed E-state index contributed by atoms with van der Waals surface area (Å²) in [5.74, 6) is 0. The van der Waals surface area contributed by atoms with Crippen LogP contribution in [0.3, 0.4) is 0 Å². The minimum atomic E-state index is 0.685. The van der Waals surface area contributed by atoms with E-state index in [1.807, 2.05) is 36.4 Å². The number of para-hydroxylation sites is 1. The number of hydrogen-bond donors (Lipinski definition) is 1. The first-order valence-corrected chi connectivity index (χ1v) is 7.83. The van der Waals surface area contributed by atoms with Crippen LogP contribution >= 0.6 is 39.5 Å². The number of rotatable bonds is 3. The van der Waals surface area contributed by atoms with Gasteiger partial charge >= 0.3 is 0 Å². The first-order valence-electron chi connectivity index (χ1n) is 5.82. The van der Waals surface area contributed by atoms with Gasteiger partial charge in [-0.05, 0) is 48.6 Å². The number of nitrogens with zero attached hydrogens (tertiary/aromatic N) is 1. The molecular formula is C14H11BrN2S2. The molecule has 96 valence electrons. The van der Waals surface area contributed by atoms with Crippen LogP contribution in [0, 0.1) is 3.95 Å². The SMILES string of the molecule is S=c1sc2ccccc2n1CNc1ccc(Br)cc1. The third-order valence-corrected chi connectivity index (χ3v) is 4.82. The molecule has 0 bridgehead atoms. The van der Waals surface area contributed by atoms with Crippen molar-refractivity contribution in [1.82, 2.24) is 4.57 Å². The summed E-state index contributed by atoms with van der Waals surface area (Å²) in [6, 6.07) is 16.4. The van der Waals surface area contributed by atoms with Crippen LogP contribution in [0.15, 0.2) is 53.0 Å². The maximum absolute atomic E-state index is 5.42. The van der Waals surface area contributed by atoms with Gasteiger partial charge < -0.3 is 9.88 Å². The van der Waals surface area contributed by atoms with Gasteiger partial charge in [0.05, 0.1) is 16.9 Å². The first-order chi connectivity index (χ1) is 9.24. The molecule has 0 aliphatic rings. The number of halogens is 1. The van der Waals surface area contributed by atoms with Crippen molar-refractivity contribution in [3.05, 3.63) is 57.0 Å². The molecule has 19 heavy (non-hydrogen) atoms. The molecule has 0 saturated heterocycles. The Hall–Kier alpha value is -1.17. The lowest BCUT2D eigenvalue weighted by atomic mass is 10.3. The van der Waals surface area contributed by atoms with Gasteiger partial charge in [-0.1, -0.05) is 28.1 Å². The number of fused-ring (bicyclic) bond motifs is 1. The van der Waals surface area contributed by atoms with Crippen LogP contribution in [0.2, 0.25) is 0 Å². The number of thiazole rings is 1. The highest BCUT2D eigenvalue weighted by Crippen LogP contribution is 2.23. The van der Waals surface area contributed by atoms with Crippen molar-refractivity contribution < 1.29 is 0 Å². The average molecular weight is 351 g/mol. The summed E-state index contributed by atoms with van der Waals surface area (Å²) < 4.78 is 5.32. The molecule has 1 aromatic heterocycles. The predicted molar refractivity (Wildman–Crippen MR) is 88.4 cm³/mol. The first kappa shape index (κ1) is 12.8. The Morgan fingerprint density at radius 1 is 1.11 bits per heavy atom. The second kappa shape index (κ2) is 5.45. The van der Waals surface area contributed by atoms with Crippen molar-refractivity contribution in [1.29, 1.82) is 0 Å². The second-order valence-electron chi connectivity index (χ2n) is 4.11. The van der Waals surface area contributed by atoms with Crippen molar-refractivity contribution in [2.45, 2.75) is 6.67 Å². The lowest BCUT2D eigenvalue weighted by Gasteiger charge is -2.08. The molecular weight excluding hydrogens is 340 g/mol. The molecule has 1 N–H and O–H groups in total. The summed E-state index contributed by atoms with van der Waals surface area (Å²) in [6.07, 6.45) is 0. The lowest BCUT2D eigenvalue weighted by molar-refractivity contribution is 0.807. The van der Waals surface area contributed by atoms with E-state index in [1.165, 1.54) is 10.2 Å². The van der Waals surface area contributed by atoms with Crippen LogP contribution in [0.1, 0.15) is 0 Å². The van der Waals surface area contributed by atoms with Crippen LogP contribution < -0.4 is 5.32 Å². The van der Waals surface area contributed by atoms with Gasteiger partial charge in [-0.3, -0.25) is 0 Å². The third kappa shape index (κ3) is 2.73. The summed E-state index contributed by atoms with van der Waals surface area (Å²) >= 11 is 10.5. The van der Waals surface area contributed by atoms with E-state index in [2.05, 4.69) is 37.9 Å². The van der Waals surface area contributed by atoms with E-state index < -0.39 is 0 Å². The third-order valence-electron chi connectivity index (χ3n) is 2.86. The number of hydrogen-bond acceptors (Lipinski definition) is 3. The normalized spacial score (nSPS) is 10.8. The maximum atomic E-state index is 5.42. The smallest absolute Gasteiger partial charge is 0.163 e. The van der Waals surface area contributed by atoms with Crippen LogP contribution in [-0.4, -0.2) is 4.57 Å². The minimum absolute atomic E-state index is 0.685. The largest absolute Gasteiger partial charge is 0.367 e. The van der Waals surface area contributed by atoms with Gasteiger partial charge in [0.15, 0.2) is 3.95 Å².